The number of aryl methyl sites for hydroxylation is 1. The van der Waals surface area contributed by atoms with E-state index >= 15 is 0 Å². The van der Waals surface area contributed by atoms with Gasteiger partial charge in [-0.15, -0.1) is 0 Å². The molecule has 1 atom stereocenters. The Morgan fingerprint density at radius 3 is 3.12 bits per heavy atom. The summed E-state index contributed by atoms with van der Waals surface area (Å²) in [5, 5.41) is 1.42. The molecule has 1 aromatic heterocycles. The Labute approximate surface area is 104 Å². The van der Waals surface area contributed by atoms with E-state index in [-0.39, 0.29) is 0 Å². The van der Waals surface area contributed by atoms with Crippen LogP contribution in [0.2, 0.25) is 0 Å². The van der Waals surface area contributed by atoms with Crippen molar-refractivity contribution in [2.24, 2.45) is 5.92 Å². The van der Waals surface area contributed by atoms with E-state index in [0.717, 1.165) is 5.92 Å². The van der Waals surface area contributed by atoms with Gasteiger partial charge in [0.15, 0.2) is 0 Å². The maximum absolute atomic E-state index is 3.57. The first-order valence-corrected chi connectivity index (χ1v) is 6.86. The van der Waals surface area contributed by atoms with Gasteiger partial charge in [-0.3, -0.25) is 0 Å². The van der Waals surface area contributed by atoms with Crippen LogP contribution in [0.25, 0.3) is 10.9 Å². The zero-order valence-electron chi connectivity index (χ0n) is 9.52. The number of benzene rings is 1. The van der Waals surface area contributed by atoms with Crippen molar-refractivity contribution in [3.05, 3.63) is 33.9 Å². The van der Waals surface area contributed by atoms with Gasteiger partial charge in [0.05, 0.1) is 0 Å². The SMILES string of the molecule is CCC1CCc2[nH]c3ccc(Br)cc3c2C1. The Bertz CT molecular complexity index is 527. The first-order valence-electron chi connectivity index (χ1n) is 6.07. The lowest BCUT2D eigenvalue weighted by atomic mass is 9.85. The number of fused-ring (bicyclic) bond motifs is 3. The van der Waals surface area contributed by atoms with Crippen molar-refractivity contribution in [2.75, 3.05) is 0 Å². The van der Waals surface area contributed by atoms with E-state index < -0.39 is 0 Å². The quantitative estimate of drug-likeness (QED) is 0.793. The lowest BCUT2D eigenvalue weighted by molar-refractivity contribution is 0.444. The van der Waals surface area contributed by atoms with Crippen LogP contribution in [-0.2, 0) is 12.8 Å². The van der Waals surface area contributed by atoms with Crippen molar-refractivity contribution in [3.8, 4) is 0 Å². The van der Waals surface area contributed by atoms with E-state index in [0.29, 0.717) is 0 Å². The first kappa shape index (κ1) is 10.4. The lowest BCUT2D eigenvalue weighted by Crippen LogP contribution is -2.12. The molecule has 0 saturated heterocycles. The highest BCUT2D eigenvalue weighted by Crippen LogP contribution is 2.34. The van der Waals surface area contributed by atoms with Crippen LogP contribution in [0.1, 0.15) is 31.0 Å². The summed E-state index contributed by atoms with van der Waals surface area (Å²) in [5.74, 6) is 0.880. The van der Waals surface area contributed by atoms with Gasteiger partial charge in [0, 0.05) is 21.1 Å². The number of rotatable bonds is 1. The average Bonchev–Trinajstić information content (AvgIpc) is 2.66. The highest BCUT2D eigenvalue weighted by molar-refractivity contribution is 9.10. The van der Waals surface area contributed by atoms with Gasteiger partial charge < -0.3 is 4.98 Å². The second-order valence-corrected chi connectivity index (χ2v) is 5.70. The van der Waals surface area contributed by atoms with E-state index in [1.807, 2.05) is 0 Å². The fourth-order valence-electron chi connectivity index (χ4n) is 2.81. The summed E-state index contributed by atoms with van der Waals surface area (Å²) in [4.78, 5) is 3.57. The van der Waals surface area contributed by atoms with Gasteiger partial charge in [-0.25, -0.2) is 0 Å². The molecular formula is C14H16BrN. The van der Waals surface area contributed by atoms with Crippen LogP contribution >= 0.6 is 15.9 Å². The van der Waals surface area contributed by atoms with Crippen LogP contribution in [0.15, 0.2) is 22.7 Å². The van der Waals surface area contributed by atoms with Gasteiger partial charge in [-0.05, 0) is 48.9 Å². The molecule has 0 spiro atoms. The number of H-pyrrole nitrogens is 1. The molecule has 16 heavy (non-hydrogen) atoms. The molecule has 1 aliphatic rings. The summed E-state index contributed by atoms with van der Waals surface area (Å²) in [6.45, 7) is 2.31. The minimum atomic E-state index is 0.880. The van der Waals surface area contributed by atoms with Crippen molar-refractivity contribution < 1.29 is 0 Å². The minimum absolute atomic E-state index is 0.880. The molecule has 1 aromatic carbocycles. The largest absolute Gasteiger partial charge is 0.358 e. The van der Waals surface area contributed by atoms with Crippen LogP contribution in [-0.4, -0.2) is 4.98 Å². The molecule has 84 valence electrons. The fraction of sp³-hybridized carbons (Fsp3) is 0.429. The van der Waals surface area contributed by atoms with Crippen molar-refractivity contribution in [2.45, 2.75) is 32.6 Å². The number of aromatic amines is 1. The van der Waals surface area contributed by atoms with E-state index in [4.69, 9.17) is 0 Å². The predicted molar refractivity (Wildman–Crippen MR) is 71.8 cm³/mol. The molecule has 1 unspecified atom stereocenters. The van der Waals surface area contributed by atoms with Gasteiger partial charge in [0.2, 0.25) is 0 Å². The van der Waals surface area contributed by atoms with Crippen LogP contribution in [0.5, 0.6) is 0 Å². The van der Waals surface area contributed by atoms with Gasteiger partial charge >= 0.3 is 0 Å². The molecule has 1 N–H and O–H groups in total. The Hall–Kier alpha value is -0.760. The van der Waals surface area contributed by atoms with Crippen LogP contribution < -0.4 is 0 Å². The second kappa shape index (κ2) is 3.92. The molecule has 1 nitrogen and oxygen atoms in total. The van der Waals surface area contributed by atoms with Gasteiger partial charge in [-0.2, -0.15) is 0 Å². The molecule has 0 bridgehead atoms. The normalized spacial score (nSPS) is 20.0. The molecular weight excluding hydrogens is 262 g/mol. The summed E-state index contributed by atoms with van der Waals surface area (Å²) >= 11 is 3.56. The summed E-state index contributed by atoms with van der Waals surface area (Å²) in [6, 6.07) is 6.54. The maximum atomic E-state index is 3.57. The fourth-order valence-corrected chi connectivity index (χ4v) is 3.17. The molecule has 1 aliphatic carbocycles. The monoisotopic (exact) mass is 277 g/mol. The summed E-state index contributed by atoms with van der Waals surface area (Å²) in [5.41, 5.74) is 4.33. The molecule has 0 fully saturated rings. The van der Waals surface area contributed by atoms with Crippen molar-refractivity contribution in [3.63, 3.8) is 0 Å². The first-order chi connectivity index (χ1) is 7.78. The minimum Gasteiger partial charge on any atom is -0.358 e. The Kier molecular flexibility index (Phi) is 2.55. The van der Waals surface area contributed by atoms with Crippen molar-refractivity contribution in [1.82, 2.24) is 4.98 Å². The number of hydrogen-bond donors (Lipinski definition) is 1. The van der Waals surface area contributed by atoms with Gasteiger partial charge in [0.25, 0.3) is 0 Å². The van der Waals surface area contributed by atoms with Gasteiger partial charge in [-0.1, -0.05) is 29.3 Å². The van der Waals surface area contributed by atoms with Crippen LogP contribution in [0.4, 0.5) is 0 Å². The molecule has 0 aliphatic heterocycles. The Morgan fingerprint density at radius 2 is 2.31 bits per heavy atom. The van der Waals surface area contributed by atoms with Crippen LogP contribution in [0, 0.1) is 5.92 Å². The second-order valence-electron chi connectivity index (χ2n) is 4.79. The zero-order chi connectivity index (χ0) is 11.1. The molecule has 0 saturated carbocycles. The molecule has 0 radical (unpaired) electrons. The molecule has 2 aromatic rings. The Balaban J connectivity index is 2.15. The van der Waals surface area contributed by atoms with Crippen LogP contribution in [0.3, 0.4) is 0 Å². The summed E-state index contributed by atoms with van der Waals surface area (Å²) in [6.07, 6.45) is 5.13. The van der Waals surface area contributed by atoms with Crippen molar-refractivity contribution in [1.29, 1.82) is 0 Å². The maximum Gasteiger partial charge on any atom is 0.0459 e. The third-order valence-corrected chi connectivity index (χ3v) is 4.32. The highest BCUT2D eigenvalue weighted by Gasteiger charge is 2.21. The number of hydrogen-bond acceptors (Lipinski definition) is 0. The smallest absolute Gasteiger partial charge is 0.0459 e. The van der Waals surface area contributed by atoms with E-state index in [9.17, 15) is 0 Å². The Morgan fingerprint density at radius 1 is 1.44 bits per heavy atom. The molecule has 2 heteroatoms. The van der Waals surface area contributed by atoms with Crippen molar-refractivity contribution >= 4 is 26.8 Å². The predicted octanol–water partition coefficient (Wildman–Crippen LogP) is 4.45. The van der Waals surface area contributed by atoms with E-state index in [2.05, 4.69) is 46.0 Å². The average molecular weight is 278 g/mol. The zero-order valence-corrected chi connectivity index (χ0v) is 11.1. The lowest BCUT2D eigenvalue weighted by Gasteiger charge is -2.20. The third kappa shape index (κ3) is 1.60. The summed E-state index contributed by atoms with van der Waals surface area (Å²) in [7, 11) is 0. The third-order valence-electron chi connectivity index (χ3n) is 3.83. The number of aromatic nitrogens is 1. The highest BCUT2D eigenvalue weighted by atomic mass is 79.9. The molecule has 1 heterocycles. The molecule has 0 amide bonds. The topological polar surface area (TPSA) is 15.8 Å². The van der Waals surface area contributed by atoms with Gasteiger partial charge in [0.1, 0.15) is 0 Å². The summed E-state index contributed by atoms with van der Waals surface area (Å²) < 4.78 is 1.18. The van der Waals surface area contributed by atoms with E-state index in [1.54, 1.807) is 5.56 Å². The number of nitrogens with one attached hydrogen (secondary N) is 1. The van der Waals surface area contributed by atoms with E-state index in [1.165, 1.54) is 46.8 Å². The number of halogens is 1. The molecule has 3 rings (SSSR count). The standard InChI is InChI=1S/C14H16BrN/c1-2-9-3-5-13-11(7-9)12-8-10(15)4-6-14(12)16-13/h4,6,8-9,16H,2-3,5,7H2,1H3.